The zero-order chi connectivity index (χ0) is 19.4. The Morgan fingerprint density at radius 2 is 1.46 bits per heavy atom. The van der Waals surface area contributed by atoms with E-state index in [0.717, 1.165) is 11.1 Å². The summed E-state index contributed by atoms with van der Waals surface area (Å²) in [5, 5.41) is 2.88. The van der Waals surface area contributed by atoms with Crippen LogP contribution in [0.5, 0.6) is 0 Å². The molecule has 1 atom stereocenters. The number of hydrogen-bond acceptors (Lipinski definition) is 3. The van der Waals surface area contributed by atoms with E-state index in [9.17, 15) is 13.2 Å². The summed E-state index contributed by atoms with van der Waals surface area (Å²) in [5.41, 5.74) is 2.35. The largest absolute Gasteiger partial charge is 0.325 e. The van der Waals surface area contributed by atoms with Crippen LogP contribution in [0.3, 0.4) is 0 Å². The predicted octanol–water partition coefficient (Wildman–Crippen LogP) is 4.02. The summed E-state index contributed by atoms with van der Waals surface area (Å²) in [4.78, 5) is 13.1. The van der Waals surface area contributed by atoms with E-state index in [0.29, 0.717) is 17.7 Å². The van der Waals surface area contributed by atoms with Gasteiger partial charge in [-0.25, -0.2) is 8.42 Å². The van der Waals surface area contributed by atoms with Crippen LogP contribution in [0, 0.1) is 13.8 Å². The van der Waals surface area contributed by atoms with Gasteiger partial charge in [0.2, 0.25) is 5.91 Å². The van der Waals surface area contributed by atoms with Gasteiger partial charge in [-0.3, -0.25) is 4.79 Å². The van der Waals surface area contributed by atoms with Crippen LogP contribution in [0.2, 0.25) is 0 Å². The van der Waals surface area contributed by atoms with Crippen molar-refractivity contribution < 1.29 is 13.2 Å². The molecule has 0 aliphatic rings. The molecule has 0 aromatic heterocycles. The lowest BCUT2D eigenvalue weighted by atomic mass is 9.83. The van der Waals surface area contributed by atoms with Gasteiger partial charge in [-0.15, -0.1) is 0 Å². The van der Waals surface area contributed by atoms with Crippen molar-refractivity contribution in [3.05, 3.63) is 65.2 Å². The monoisotopic (exact) mass is 373 g/mol. The average molecular weight is 374 g/mol. The third kappa shape index (κ3) is 4.94. The molecule has 26 heavy (non-hydrogen) atoms. The minimum atomic E-state index is -3.35. The number of nitrogens with one attached hydrogen (secondary N) is 1. The second kappa shape index (κ2) is 8.04. The molecule has 5 heteroatoms. The topological polar surface area (TPSA) is 63.2 Å². The maximum Gasteiger partial charge on any atom is 0.235 e. The van der Waals surface area contributed by atoms with E-state index >= 15 is 0 Å². The summed E-state index contributed by atoms with van der Waals surface area (Å²) in [5.74, 6) is -0.453. The third-order valence-electron chi connectivity index (χ3n) is 4.52. The molecule has 0 heterocycles. The van der Waals surface area contributed by atoms with Crippen LogP contribution in [0.4, 0.5) is 5.69 Å². The summed E-state index contributed by atoms with van der Waals surface area (Å²) >= 11 is 0. The van der Waals surface area contributed by atoms with E-state index in [2.05, 4.69) is 5.32 Å². The second-order valence-electron chi connectivity index (χ2n) is 7.11. The minimum Gasteiger partial charge on any atom is -0.325 e. The van der Waals surface area contributed by atoms with Crippen molar-refractivity contribution in [2.75, 3.05) is 16.8 Å². The first-order valence-electron chi connectivity index (χ1n) is 8.82. The maximum atomic E-state index is 13.1. The van der Waals surface area contributed by atoms with E-state index < -0.39 is 15.3 Å². The molecule has 0 spiro atoms. The quantitative estimate of drug-likeness (QED) is 0.797. The minimum absolute atomic E-state index is 0.0757. The van der Waals surface area contributed by atoms with Crippen LogP contribution < -0.4 is 5.32 Å². The number of sulfone groups is 1. The summed E-state index contributed by atoms with van der Waals surface area (Å²) < 4.78 is 25.0. The first-order valence-corrected chi connectivity index (χ1v) is 10.6. The molecule has 1 N–H and O–H groups in total. The van der Waals surface area contributed by atoms with Crippen molar-refractivity contribution in [1.82, 2.24) is 0 Å². The van der Waals surface area contributed by atoms with Gasteiger partial charge < -0.3 is 5.32 Å². The van der Waals surface area contributed by atoms with Gasteiger partial charge in [0.15, 0.2) is 9.84 Å². The van der Waals surface area contributed by atoms with Crippen LogP contribution in [0.1, 0.15) is 37.0 Å². The lowest BCUT2D eigenvalue weighted by molar-refractivity contribution is -0.120. The van der Waals surface area contributed by atoms with Crippen molar-refractivity contribution >= 4 is 21.4 Å². The molecule has 0 aliphatic heterocycles. The molecule has 1 unspecified atom stereocenters. The molecule has 0 saturated carbocycles. The Bertz CT molecular complexity index is 855. The van der Waals surface area contributed by atoms with Gasteiger partial charge in [0, 0.05) is 11.4 Å². The average Bonchev–Trinajstić information content (AvgIpc) is 2.56. The van der Waals surface area contributed by atoms with Crippen molar-refractivity contribution in [2.45, 2.75) is 39.5 Å². The number of carbonyl (C=O) groups excluding carboxylic acids is 1. The third-order valence-corrected chi connectivity index (χ3v) is 6.57. The number of benzene rings is 2. The van der Waals surface area contributed by atoms with Crippen LogP contribution in [0.15, 0.2) is 48.5 Å². The highest BCUT2D eigenvalue weighted by Gasteiger charge is 2.39. The summed E-state index contributed by atoms with van der Waals surface area (Å²) in [7, 11) is -3.35. The summed E-state index contributed by atoms with van der Waals surface area (Å²) in [6, 6.07) is 14.9. The molecule has 2 aromatic rings. The highest BCUT2D eigenvalue weighted by atomic mass is 32.2. The first kappa shape index (κ1) is 20.2. The molecule has 0 radical (unpaired) electrons. The van der Waals surface area contributed by atoms with Gasteiger partial charge in [0.1, 0.15) is 0 Å². The van der Waals surface area contributed by atoms with Gasteiger partial charge in [0.05, 0.1) is 11.2 Å². The van der Waals surface area contributed by atoms with E-state index in [1.807, 2.05) is 69.3 Å². The SMILES string of the molecule is CCCS(=O)(=O)CC(C)(C(=O)Nc1ccc(C)cc1)c1ccc(C)cc1. The molecule has 140 valence electrons. The number of aryl methyl sites for hydroxylation is 2. The Hall–Kier alpha value is -2.14. The van der Waals surface area contributed by atoms with Gasteiger partial charge in [0.25, 0.3) is 0 Å². The van der Waals surface area contributed by atoms with Gasteiger partial charge in [-0.2, -0.15) is 0 Å². The number of amides is 1. The Morgan fingerprint density at radius 1 is 0.962 bits per heavy atom. The highest BCUT2D eigenvalue weighted by molar-refractivity contribution is 7.91. The second-order valence-corrected chi connectivity index (χ2v) is 9.29. The normalized spacial score (nSPS) is 13.8. The van der Waals surface area contributed by atoms with Gasteiger partial charge >= 0.3 is 0 Å². The lowest BCUT2D eigenvalue weighted by Crippen LogP contribution is -2.44. The Kier molecular flexibility index (Phi) is 6.24. The van der Waals surface area contributed by atoms with E-state index in [4.69, 9.17) is 0 Å². The van der Waals surface area contributed by atoms with Gasteiger partial charge in [-0.1, -0.05) is 54.4 Å². The first-order chi connectivity index (χ1) is 12.2. The zero-order valence-electron chi connectivity index (χ0n) is 15.9. The van der Waals surface area contributed by atoms with Crippen LogP contribution in [-0.2, 0) is 20.0 Å². The summed E-state index contributed by atoms with van der Waals surface area (Å²) in [6.07, 6.45) is 0.534. The van der Waals surface area contributed by atoms with E-state index in [-0.39, 0.29) is 17.4 Å². The highest BCUT2D eigenvalue weighted by Crippen LogP contribution is 2.29. The lowest BCUT2D eigenvalue weighted by Gasteiger charge is -2.29. The van der Waals surface area contributed by atoms with Crippen LogP contribution >= 0.6 is 0 Å². The fraction of sp³-hybridized carbons (Fsp3) is 0.381. The Balaban J connectivity index is 2.40. The summed E-state index contributed by atoms with van der Waals surface area (Å²) in [6.45, 7) is 7.46. The van der Waals surface area contributed by atoms with E-state index in [1.165, 1.54) is 0 Å². The number of hydrogen-bond donors (Lipinski definition) is 1. The molecule has 0 aliphatic carbocycles. The fourth-order valence-electron chi connectivity index (χ4n) is 2.93. The van der Waals surface area contributed by atoms with Crippen LogP contribution in [0.25, 0.3) is 0 Å². The molecule has 2 rings (SSSR count). The molecule has 0 bridgehead atoms. The number of carbonyl (C=O) groups is 1. The Labute approximate surface area is 156 Å². The molecule has 0 saturated heterocycles. The van der Waals surface area contributed by atoms with Crippen molar-refractivity contribution in [3.63, 3.8) is 0 Å². The maximum absolute atomic E-state index is 13.1. The van der Waals surface area contributed by atoms with Gasteiger partial charge in [-0.05, 0) is 44.9 Å². The fourth-order valence-corrected chi connectivity index (χ4v) is 4.87. The Morgan fingerprint density at radius 3 is 1.96 bits per heavy atom. The standard InChI is InChI=1S/C21H27NO3S/c1-5-14-26(24,25)15-21(4,18-10-6-16(2)7-11-18)20(23)22-19-12-8-17(3)9-13-19/h6-13H,5,14-15H2,1-4H3,(H,22,23). The van der Waals surface area contributed by atoms with Crippen molar-refractivity contribution in [3.8, 4) is 0 Å². The molecule has 0 fully saturated rings. The molecular weight excluding hydrogens is 346 g/mol. The molecule has 4 nitrogen and oxygen atoms in total. The number of rotatable bonds is 7. The predicted molar refractivity (Wildman–Crippen MR) is 107 cm³/mol. The van der Waals surface area contributed by atoms with Crippen molar-refractivity contribution in [2.24, 2.45) is 0 Å². The van der Waals surface area contributed by atoms with Crippen LogP contribution in [-0.4, -0.2) is 25.8 Å². The zero-order valence-corrected chi connectivity index (χ0v) is 16.7. The van der Waals surface area contributed by atoms with E-state index in [1.54, 1.807) is 6.92 Å². The molecule has 2 aromatic carbocycles. The van der Waals surface area contributed by atoms with Crippen molar-refractivity contribution in [1.29, 1.82) is 0 Å². The molecular formula is C21H27NO3S. The molecule has 1 amide bonds. The smallest absolute Gasteiger partial charge is 0.235 e. The number of anilines is 1.